The molecule has 9 nitrogen and oxygen atoms in total. The first kappa shape index (κ1) is 23.5. The number of ether oxygens (including phenoxy) is 1. The molecule has 0 spiro atoms. The second-order valence-electron chi connectivity index (χ2n) is 7.65. The van der Waals surface area contributed by atoms with Crippen molar-refractivity contribution in [3.63, 3.8) is 0 Å². The van der Waals surface area contributed by atoms with Gasteiger partial charge in [-0.05, 0) is 68.8 Å². The third-order valence-electron chi connectivity index (χ3n) is 5.31. The van der Waals surface area contributed by atoms with E-state index in [1.165, 1.54) is 18.2 Å². The first-order valence-corrected chi connectivity index (χ1v) is 10.7. The molecular weight excluding hydrogens is 436 g/mol. The monoisotopic (exact) mass is 460 g/mol. The number of carbonyl (C=O) groups is 2. The Hall–Kier alpha value is -3.17. The van der Waals surface area contributed by atoms with Crippen molar-refractivity contribution >= 4 is 29.1 Å². The highest BCUT2D eigenvalue weighted by Crippen LogP contribution is 2.33. The lowest BCUT2D eigenvalue weighted by Crippen LogP contribution is -2.42. The number of primary amides is 1. The van der Waals surface area contributed by atoms with E-state index in [2.05, 4.69) is 10.2 Å². The van der Waals surface area contributed by atoms with Gasteiger partial charge in [-0.3, -0.25) is 19.7 Å². The number of hydrogen-bond acceptors (Lipinski definition) is 6. The van der Waals surface area contributed by atoms with Crippen molar-refractivity contribution in [2.24, 2.45) is 11.7 Å². The fourth-order valence-electron chi connectivity index (χ4n) is 3.62. The Morgan fingerprint density at radius 1 is 1.25 bits per heavy atom. The number of likely N-dealkylation sites (tertiary alicyclic amines) is 1. The second kappa shape index (κ2) is 10.9. The van der Waals surface area contributed by atoms with Gasteiger partial charge in [-0.25, -0.2) is 0 Å². The number of nitro benzene ring substituents is 1. The van der Waals surface area contributed by atoms with Crippen LogP contribution in [0.3, 0.4) is 0 Å². The van der Waals surface area contributed by atoms with Crippen LogP contribution >= 0.6 is 11.6 Å². The Balaban J connectivity index is 1.47. The number of nitrogens with zero attached hydrogens (tertiary/aromatic N) is 2. The topological polar surface area (TPSA) is 128 Å². The molecule has 1 aliphatic rings. The molecule has 3 rings (SSSR count). The van der Waals surface area contributed by atoms with Crippen LogP contribution in [0.4, 0.5) is 5.69 Å². The summed E-state index contributed by atoms with van der Waals surface area (Å²) in [6.07, 6.45) is 2.56. The molecular formula is C22H25ClN4O5. The Morgan fingerprint density at radius 2 is 2.00 bits per heavy atom. The van der Waals surface area contributed by atoms with Gasteiger partial charge >= 0.3 is 5.69 Å². The molecule has 0 saturated carbocycles. The van der Waals surface area contributed by atoms with Gasteiger partial charge < -0.3 is 20.7 Å². The van der Waals surface area contributed by atoms with Gasteiger partial charge in [-0.2, -0.15) is 0 Å². The van der Waals surface area contributed by atoms with E-state index in [9.17, 15) is 19.7 Å². The average molecular weight is 461 g/mol. The molecule has 0 aliphatic carbocycles. The van der Waals surface area contributed by atoms with E-state index < -0.39 is 4.92 Å². The summed E-state index contributed by atoms with van der Waals surface area (Å²) < 4.78 is 5.58. The average Bonchev–Trinajstić information content (AvgIpc) is 2.78. The summed E-state index contributed by atoms with van der Waals surface area (Å²) in [5.74, 6) is -0.133. The maximum atomic E-state index is 12.4. The largest absolute Gasteiger partial charge is 0.450 e. The molecule has 2 aromatic rings. The van der Waals surface area contributed by atoms with Crippen LogP contribution in [0.2, 0.25) is 5.02 Å². The lowest BCUT2D eigenvalue weighted by Gasteiger charge is -2.31. The number of carbonyl (C=O) groups excluding carboxylic acids is 2. The maximum Gasteiger partial charge on any atom is 0.313 e. The molecule has 2 aromatic carbocycles. The molecule has 1 saturated heterocycles. The van der Waals surface area contributed by atoms with E-state index in [0.717, 1.165) is 32.4 Å². The molecule has 1 heterocycles. The minimum atomic E-state index is -0.568. The van der Waals surface area contributed by atoms with Crippen molar-refractivity contribution in [2.75, 3.05) is 26.2 Å². The van der Waals surface area contributed by atoms with Crippen LogP contribution in [-0.4, -0.2) is 47.8 Å². The molecule has 1 unspecified atom stereocenters. The van der Waals surface area contributed by atoms with Gasteiger partial charge in [0.1, 0.15) is 5.75 Å². The number of hydrogen-bond donors (Lipinski definition) is 2. The number of nitrogens with two attached hydrogens (primary N) is 1. The van der Waals surface area contributed by atoms with E-state index in [4.69, 9.17) is 22.1 Å². The van der Waals surface area contributed by atoms with E-state index in [1.807, 2.05) is 0 Å². The summed E-state index contributed by atoms with van der Waals surface area (Å²) in [4.78, 5) is 36.5. The number of rotatable bonds is 9. The Bertz CT molecular complexity index is 983. The van der Waals surface area contributed by atoms with Crippen LogP contribution < -0.4 is 15.8 Å². The highest BCUT2D eigenvalue weighted by atomic mass is 35.5. The minimum absolute atomic E-state index is 0.0629. The lowest BCUT2D eigenvalue weighted by atomic mass is 9.97. The normalized spacial score (nSPS) is 16.3. The van der Waals surface area contributed by atoms with Crippen LogP contribution in [0.5, 0.6) is 11.5 Å². The lowest BCUT2D eigenvalue weighted by molar-refractivity contribution is -0.385. The predicted molar refractivity (Wildman–Crippen MR) is 120 cm³/mol. The number of amides is 2. The summed E-state index contributed by atoms with van der Waals surface area (Å²) in [5, 5.41) is 14.3. The molecule has 2 amide bonds. The maximum absolute atomic E-state index is 12.4. The first-order chi connectivity index (χ1) is 15.3. The zero-order valence-corrected chi connectivity index (χ0v) is 18.2. The smallest absolute Gasteiger partial charge is 0.313 e. The van der Waals surface area contributed by atoms with Crippen LogP contribution in [0.25, 0.3) is 0 Å². The highest BCUT2D eigenvalue weighted by Gasteiger charge is 2.23. The van der Waals surface area contributed by atoms with E-state index >= 15 is 0 Å². The third kappa shape index (κ3) is 6.41. The molecule has 0 radical (unpaired) electrons. The van der Waals surface area contributed by atoms with Gasteiger partial charge in [0.05, 0.1) is 10.8 Å². The Labute approximate surface area is 190 Å². The number of benzene rings is 2. The van der Waals surface area contributed by atoms with Gasteiger partial charge in [0.2, 0.25) is 11.7 Å². The van der Waals surface area contributed by atoms with Crippen molar-refractivity contribution in [1.29, 1.82) is 0 Å². The molecule has 32 heavy (non-hydrogen) atoms. The first-order valence-electron chi connectivity index (χ1n) is 10.3. The molecule has 0 aromatic heterocycles. The number of halogens is 1. The zero-order chi connectivity index (χ0) is 23.1. The zero-order valence-electron chi connectivity index (χ0n) is 17.5. The van der Waals surface area contributed by atoms with Gasteiger partial charge in [0.25, 0.3) is 5.91 Å². The summed E-state index contributed by atoms with van der Waals surface area (Å²) in [6.45, 7) is 2.91. The van der Waals surface area contributed by atoms with Crippen molar-refractivity contribution in [1.82, 2.24) is 10.2 Å². The van der Waals surface area contributed by atoms with Gasteiger partial charge in [-0.1, -0.05) is 11.6 Å². The van der Waals surface area contributed by atoms with Crippen LogP contribution in [0.15, 0.2) is 42.5 Å². The van der Waals surface area contributed by atoms with Crippen molar-refractivity contribution in [3.8, 4) is 11.5 Å². The fraction of sp³-hybridized carbons (Fsp3) is 0.364. The molecule has 1 atom stereocenters. The number of nitro groups is 1. The van der Waals surface area contributed by atoms with Gasteiger partial charge in [0.15, 0.2) is 0 Å². The molecule has 170 valence electrons. The minimum Gasteiger partial charge on any atom is -0.450 e. The van der Waals surface area contributed by atoms with Crippen molar-refractivity contribution in [2.45, 2.75) is 19.3 Å². The Kier molecular flexibility index (Phi) is 8.02. The highest BCUT2D eigenvalue weighted by molar-refractivity contribution is 6.30. The molecule has 1 aliphatic heterocycles. The molecule has 0 bridgehead atoms. The molecule has 10 heteroatoms. The second-order valence-corrected chi connectivity index (χ2v) is 8.08. The summed E-state index contributed by atoms with van der Waals surface area (Å²) in [7, 11) is 0. The van der Waals surface area contributed by atoms with Crippen LogP contribution in [-0.2, 0) is 4.79 Å². The SMILES string of the molecule is NC(=O)C1CCCN(CCCNC(=O)c2ccc(Oc3ccc(Cl)cc3[N+](=O)[O-])cc2)C1. The van der Waals surface area contributed by atoms with Crippen molar-refractivity contribution in [3.05, 3.63) is 63.2 Å². The molecule has 3 N–H and O–H groups in total. The van der Waals surface area contributed by atoms with E-state index in [-0.39, 0.29) is 34.2 Å². The van der Waals surface area contributed by atoms with E-state index in [0.29, 0.717) is 24.4 Å². The Morgan fingerprint density at radius 3 is 2.69 bits per heavy atom. The quantitative estimate of drug-likeness (QED) is 0.335. The van der Waals surface area contributed by atoms with Gasteiger partial charge in [-0.15, -0.1) is 0 Å². The summed E-state index contributed by atoms with van der Waals surface area (Å²) in [5.41, 5.74) is 5.61. The summed E-state index contributed by atoms with van der Waals surface area (Å²) >= 11 is 5.81. The van der Waals surface area contributed by atoms with Gasteiger partial charge in [0, 0.05) is 29.7 Å². The molecule has 1 fully saturated rings. The van der Waals surface area contributed by atoms with Crippen LogP contribution in [0, 0.1) is 16.0 Å². The summed E-state index contributed by atoms with van der Waals surface area (Å²) in [6, 6.07) is 10.5. The van der Waals surface area contributed by atoms with Crippen LogP contribution in [0.1, 0.15) is 29.6 Å². The predicted octanol–water partition coefficient (Wildman–Crippen LogP) is 3.36. The standard InChI is InChI=1S/C22H25ClN4O5/c23-17-6-9-20(19(13-17)27(30)31)32-18-7-4-15(5-8-18)22(29)25-10-2-12-26-11-1-3-16(14-26)21(24)28/h4-9,13,16H,1-3,10-12,14H2,(H2,24,28)(H,25,29). The van der Waals surface area contributed by atoms with E-state index in [1.54, 1.807) is 24.3 Å². The van der Waals surface area contributed by atoms with Crippen molar-refractivity contribution < 1.29 is 19.2 Å². The number of piperidine rings is 1. The third-order valence-corrected chi connectivity index (χ3v) is 5.54. The fourth-order valence-corrected chi connectivity index (χ4v) is 3.78. The number of nitrogens with one attached hydrogen (secondary N) is 1.